The second-order valence-corrected chi connectivity index (χ2v) is 10.0. The maximum Gasteiger partial charge on any atom is 0.417 e. The van der Waals surface area contributed by atoms with E-state index in [0.717, 1.165) is 30.9 Å². The topological polar surface area (TPSA) is 29.5 Å². The van der Waals surface area contributed by atoms with Gasteiger partial charge >= 0.3 is 12.4 Å². The number of hydrogen-bond acceptors (Lipinski definition) is 2. The van der Waals surface area contributed by atoms with Crippen LogP contribution < -0.4 is 4.74 Å². The van der Waals surface area contributed by atoms with Crippen LogP contribution in [0.3, 0.4) is 0 Å². The summed E-state index contributed by atoms with van der Waals surface area (Å²) in [4.78, 5) is 0. The Morgan fingerprint density at radius 3 is 1.65 bits per heavy atom. The summed E-state index contributed by atoms with van der Waals surface area (Å²) in [6, 6.07) is 6.95. The maximum atomic E-state index is 12.6. The molecular formula is C22H21Br3F6O2V. The number of rotatable bonds is 4. The summed E-state index contributed by atoms with van der Waals surface area (Å²) in [5.41, 5.74) is -1.57. The van der Waals surface area contributed by atoms with Crippen LogP contribution in [0.1, 0.15) is 36.8 Å². The molecule has 4 rings (SSSR count). The predicted molar refractivity (Wildman–Crippen MR) is 125 cm³/mol. The zero-order chi connectivity index (χ0) is 24.8. The van der Waals surface area contributed by atoms with Gasteiger partial charge in [-0.1, -0.05) is 47.8 Å². The van der Waals surface area contributed by atoms with E-state index in [4.69, 9.17) is 9.84 Å². The normalized spacial score (nSPS) is 15.2. The van der Waals surface area contributed by atoms with Gasteiger partial charge < -0.3 is 9.84 Å². The van der Waals surface area contributed by atoms with Crippen molar-refractivity contribution in [1.29, 1.82) is 0 Å². The molecule has 189 valence electrons. The van der Waals surface area contributed by atoms with Crippen molar-refractivity contribution < 1.29 is 54.7 Å². The van der Waals surface area contributed by atoms with Crippen LogP contribution in [0.25, 0.3) is 0 Å². The zero-order valence-corrected chi connectivity index (χ0v) is 23.7. The van der Waals surface area contributed by atoms with Gasteiger partial charge in [0.05, 0.1) is 17.7 Å². The molecule has 2 aromatic rings. The summed E-state index contributed by atoms with van der Waals surface area (Å²) in [7, 11) is 0. The van der Waals surface area contributed by atoms with Gasteiger partial charge in [0.1, 0.15) is 11.5 Å². The molecule has 34 heavy (non-hydrogen) atoms. The summed E-state index contributed by atoms with van der Waals surface area (Å²) in [6.45, 7) is 0.513. The molecule has 2 saturated carbocycles. The average Bonchev–Trinajstić information content (AvgIpc) is 3.62. The number of benzene rings is 2. The first-order valence-electron chi connectivity index (χ1n) is 9.92. The van der Waals surface area contributed by atoms with E-state index in [9.17, 15) is 26.3 Å². The van der Waals surface area contributed by atoms with Gasteiger partial charge in [0, 0.05) is 32.8 Å². The first-order valence-corrected chi connectivity index (χ1v) is 12.6. The minimum absolute atomic E-state index is 0. The molecule has 0 unspecified atom stereocenters. The number of ether oxygens (including phenoxy) is 1. The van der Waals surface area contributed by atoms with Gasteiger partial charge in [0.2, 0.25) is 0 Å². The fourth-order valence-corrected chi connectivity index (χ4v) is 3.90. The molecule has 0 bridgehead atoms. The van der Waals surface area contributed by atoms with Crippen molar-refractivity contribution >= 4 is 47.8 Å². The van der Waals surface area contributed by atoms with Crippen molar-refractivity contribution in [3.63, 3.8) is 0 Å². The van der Waals surface area contributed by atoms with Crippen molar-refractivity contribution in [3.05, 3.63) is 56.5 Å². The molecule has 2 fully saturated rings. The fraction of sp³-hybridized carbons (Fsp3) is 0.455. The Kier molecular flexibility index (Phi) is 12.9. The number of phenols is 1. The number of hydrogen-bond donors (Lipinski definition) is 1. The largest absolute Gasteiger partial charge is 0.508 e. The second kappa shape index (κ2) is 13.8. The zero-order valence-electron chi connectivity index (χ0n) is 17.6. The standard InChI is InChI=1S/C11H10BrF3O.C7H4BrF3O.C4H7Br.V/c12-10-4-3-8(16-6-7-1-2-7)5-9(10)11(13,14)15;8-6-2-1-4(12)3-5(6)7(9,10)11;5-3-4-1-2-4;/h3-5,7H,1-2,6H2;1-3,12H;4H,1-3H2;. The van der Waals surface area contributed by atoms with Crippen LogP contribution in [0, 0.1) is 11.8 Å². The number of phenolic OH excluding ortho intramolecular Hbond substituents is 1. The van der Waals surface area contributed by atoms with E-state index in [1.165, 1.54) is 30.3 Å². The first kappa shape index (κ1) is 31.7. The molecule has 2 aliphatic rings. The van der Waals surface area contributed by atoms with E-state index in [2.05, 4.69) is 47.8 Å². The Hall–Kier alpha value is -0.356. The SMILES string of the molecule is BrCC1CC1.FC(F)(F)c1cc(OCC2CC2)ccc1Br.Oc1ccc(Br)c(C(F)(F)F)c1.[V]. The van der Waals surface area contributed by atoms with E-state index in [1.54, 1.807) is 6.07 Å². The van der Waals surface area contributed by atoms with Gasteiger partial charge in [0.15, 0.2) is 0 Å². The molecule has 0 heterocycles. The third-order valence-corrected chi connectivity index (χ3v) is 6.90. The van der Waals surface area contributed by atoms with Crippen molar-refractivity contribution in [2.24, 2.45) is 11.8 Å². The molecule has 12 heteroatoms. The molecule has 0 amide bonds. The van der Waals surface area contributed by atoms with Crippen molar-refractivity contribution in [3.8, 4) is 11.5 Å². The Morgan fingerprint density at radius 1 is 0.794 bits per heavy atom. The summed E-state index contributed by atoms with van der Waals surface area (Å²) in [6.07, 6.45) is -3.63. The van der Waals surface area contributed by atoms with Crippen molar-refractivity contribution in [2.75, 3.05) is 11.9 Å². The summed E-state index contributed by atoms with van der Waals surface area (Å²) < 4.78 is 79.2. The van der Waals surface area contributed by atoms with E-state index in [-0.39, 0.29) is 33.3 Å². The van der Waals surface area contributed by atoms with Crippen LogP contribution in [-0.4, -0.2) is 17.0 Å². The van der Waals surface area contributed by atoms with Crippen molar-refractivity contribution in [1.82, 2.24) is 0 Å². The molecule has 0 aliphatic heterocycles. The van der Waals surface area contributed by atoms with Crippen LogP contribution in [0.5, 0.6) is 11.5 Å². The van der Waals surface area contributed by atoms with Crippen LogP contribution >= 0.6 is 47.8 Å². The van der Waals surface area contributed by atoms with Crippen LogP contribution in [0.2, 0.25) is 0 Å². The smallest absolute Gasteiger partial charge is 0.417 e. The maximum absolute atomic E-state index is 12.6. The van der Waals surface area contributed by atoms with Gasteiger partial charge in [-0.05, 0) is 73.9 Å². The Balaban J connectivity index is 0.000000283. The molecule has 0 atom stereocenters. The molecule has 0 aromatic heterocycles. The summed E-state index contributed by atoms with van der Waals surface area (Å²) >= 11 is 8.99. The summed E-state index contributed by atoms with van der Waals surface area (Å²) in [5.74, 6) is 1.46. The monoisotopic (exact) mass is 719 g/mol. The second-order valence-electron chi connectivity index (χ2n) is 7.65. The molecular weight excluding hydrogens is 701 g/mol. The van der Waals surface area contributed by atoms with Crippen LogP contribution in [0.4, 0.5) is 26.3 Å². The van der Waals surface area contributed by atoms with Gasteiger partial charge in [-0.15, -0.1) is 0 Å². The first-order chi connectivity index (χ1) is 15.3. The average molecular weight is 722 g/mol. The third kappa shape index (κ3) is 11.6. The quantitative estimate of drug-likeness (QED) is 0.252. The Labute approximate surface area is 231 Å². The molecule has 2 nitrogen and oxygen atoms in total. The minimum Gasteiger partial charge on any atom is -0.508 e. The van der Waals surface area contributed by atoms with Crippen LogP contribution in [-0.2, 0) is 30.9 Å². The van der Waals surface area contributed by atoms with Gasteiger partial charge in [-0.2, -0.15) is 26.3 Å². The van der Waals surface area contributed by atoms with Gasteiger partial charge in [0.25, 0.3) is 0 Å². The van der Waals surface area contributed by atoms with Gasteiger partial charge in [-0.25, -0.2) is 0 Å². The van der Waals surface area contributed by atoms with E-state index >= 15 is 0 Å². The Bertz CT molecular complexity index is 916. The van der Waals surface area contributed by atoms with E-state index < -0.39 is 29.2 Å². The minimum atomic E-state index is -4.43. The fourth-order valence-electron chi connectivity index (χ4n) is 2.31. The van der Waals surface area contributed by atoms with E-state index in [1.807, 2.05) is 0 Å². The van der Waals surface area contributed by atoms with E-state index in [0.29, 0.717) is 18.6 Å². The van der Waals surface area contributed by atoms with Crippen LogP contribution in [0.15, 0.2) is 45.3 Å². The third-order valence-electron chi connectivity index (χ3n) is 4.60. The molecule has 1 radical (unpaired) electrons. The number of halogens is 9. The number of aromatic hydroxyl groups is 1. The summed E-state index contributed by atoms with van der Waals surface area (Å²) in [5, 5.41) is 10.0. The molecule has 1 N–H and O–H groups in total. The van der Waals surface area contributed by atoms with Gasteiger partial charge in [-0.3, -0.25) is 0 Å². The molecule has 0 saturated heterocycles. The van der Waals surface area contributed by atoms with Crippen molar-refractivity contribution in [2.45, 2.75) is 38.0 Å². The predicted octanol–water partition coefficient (Wildman–Crippen LogP) is 9.22. The number of alkyl halides is 7. The molecule has 2 aliphatic carbocycles. The Morgan fingerprint density at radius 2 is 1.26 bits per heavy atom. The molecule has 0 spiro atoms. The molecule has 2 aromatic carbocycles.